The van der Waals surface area contributed by atoms with Gasteiger partial charge in [0.2, 0.25) is 0 Å². The Balaban J connectivity index is 1.13. The van der Waals surface area contributed by atoms with Crippen molar-refractivity contribution in [2.45, 2.75) is 0 Å². The van der Waals surface area contributed by atoms with Crippen molar-refractivity contribution in [3.05, 3.63) is 199 Å². The molecular formula is C62H31N5S3. The highest BCUT2D eigenvalue weighted by Gasteiger charge is 2.30. The number of benzene rings is 10. The first-order chi connectivity index (χ1) is 34.6. The lowest BCUT2D eigenvalue weighted by Gasteiger charge is -2.22. The van der Waals surface area contributed by atoms with Gasteiger partial charge in [-0.25, -0.2) is 0 Å². The van der Waals surface area contributed by atoms with Crippen LogP contribution < -0.4 is 0 Å². The van der Waals surface area contributed by atoms with Crippen molar-refractivity contribution in [3.8, 4) is 29.2 Å². The fraction of sp³-hybridized carbons (Fsp3) is 0. The van der Waals surface area contributed by atoms with Crippen molar-refractivity contribution >= 4 is 160 Å². The molecule has 0 saturated carbocycles. The lowest BCUT2D eigenvalue weighted by Crippen LogP contribution is -2.12. The van der Waals surface area contributed by atoms with Gasteiger partial charge in [-0.05, 0) is 78.9 Å². The summed E-state index contributed by atoms with van der Waals surface area (Å²) in [7, 11) is 0. The molecule has 10 aromatic carbocycles. The van der Waals surface area contributed by atoms with E-state index in [-0.39, 0.29) is 0 Å². The zero-order valence-electron chi connectivity index (χ0n) is 36.9. The molecule has 16 aromatic rings. The van der Waals surface area contributed by atoms with Crippen molar-refractivity contribution in [2.24, 2.45) is 0 Å². The van der Waals surface area contributed by atoms with Crippen LogP contribution in [0.5, 0.6) is 0 Å². The van der Waals surface area contributed by atoms with Gasteiger partial charge < -0.3 is 13.7 Å². The molecule has 322 valence electrons. The normalized spacial score (nSPS) is 12.3. The second-order valence-electron chi connectivity index (χ2n) is 18.2. The molecule has 0 saturated heterocycles. The highest BCUT2D eigenvalue weighted by atomic mass is 32.1. The molecule has 0 fully saturated rings. The number of nitrogens with zero attached hydrogens (tertiary/aromatic N) is 5. The zero-order valence-corrected chi connectivity index (χ0v) is 39.3. The summed E-state index contributed by atoms with van der Waals surface area (Å²) in [6.07, 6.45) is 0. The Bertz CT molecular complexity index is 5110. The predicted octanol–water partition coefficient (Wildman–Crippen LogP) is 17.8. The van der Waals surface area contributed by atoms with Crippen molar-refractivity contribution in [2.75, 3.05) is 0 Å². The lowest BCUT2D eigenvalue weighted by molar-refractivity contribution is 1.06. The summed E-state index contributed by atoms with van der Waals surface area (Å²) in [5, 5.41) is 37.7. The summed E-state index contributed by atoms with van der Waals surface area (Å²) in [5.74, 6) is 0. The van der Waals surface area contributed by atoms with E-state index in [1.54, 1.807) is 34.0 Å². The third-order valence-corrected chi connectivity index (χ3v) is 18.1. The average molecular weight is 942 g/mol. The van der Waals surface area contributed by atoms with E-state index in [2.05, 4.69) is 208 Å². The van der Waals surface area contributed by atoms with Gasteiger partial charge in [-0.1, -0.05) is 109 Å². The molecule has 5 nitrogen and oxygen atoms in total. The van der Waals surface area contributed by atoms with Gasteiger partial charge >= 0.3 is 0 Å². The molecule has 70 heavy (non-hydrogen) atoms. The second kappa shape index (κ2) is 13.9. The molecule has 6 aromatic heterocycles. The summed E-state index contributed by atoms with van der Waals surface area (Å²) in [5.41, 5.74) is 8.72. The third-order valence-electron chi connectivity index (χ3n) is 14.7. The summed E-state index contributed by atoms with van der Waals surface area (Å²) < 4.78 is 14.1. The maximum atomic E-state index is 12.2. The van der Waals surface area contributed by atoms with Crippen LogP contribution in [0.4, 0.5) is 0 Å². The van der Waals surface area contributed by atoms with E-state index < -0.39 is 0 Å². The van der Waals surface area contributed by atoms with E-state index >= 15 is 0 Å². The zero-order chi connectivity index (χ0) is 45.9. The number of aromatic nitrogens is 3. The Morgan fingerprint density at radius 2 is 0.643 bits per heavy atom. The van der Waals surface area contributed by atoms with Crippen LogP contribution in [0.2, 0.25) is 0 Å². The minimum absolute atomic E-state index is 0.461. The highest BCUT2D eigenvalue weighted by molar-refractivity contribution is 7.26. The van der Waals surface area contributed by atoms with Gasteiger partial charge in [0.1, 0.15) is 17.7 Å². The molecule has 16 rings (SSSR count). The molecular weight excluding hydrogens is 911 g/mol. The summed E-state index contributed by atoms with van der Waals surface area (Å²) >= 11 is 5.41. The Labute approximate surface area is 409 Å². The van der Waals surface area contributed by atoms with Gasteiger partial charge in [0.25, 0.3) is 0 Å². The Morgan fingerprint density at radius 3 is 1.06 bits per heavy atom. The average Bonchev–Trinajstić information content (AvgIpc) is 4.25. The van der Waals surface area contributed by atoms with Crippen LogP contribution in [0, 0.1) is 22.7 Å². The van der Waals surface area contributed by atoms with E-state index in [0.717, 1.165) is 76.2 Å². The predicted molar refractivity (Wildman–Crippen MR) is 298 cm³/mol. The van der Waals surface area contributed by atoms with Gasteiger partial charge in [-0.2, -0.15) is 10.5 Å². The van der Waals surface area contributed by atoms with Crippen molar-refractivity contribution in [1.82, 2.24) is 13.7 Å². The van der Waals surface area contributed by atoms with E-state index in [4.69, 9.17) is 0 Å². The molecule has 0 unspecified atom stereocenters. The number of fused-ring (bicyclic) bond motifs is 18. The molecule has 8 heteroatoms. The van der Waals surface area contributed by atoms with Crippen LogP contribution in [-0.4, -0.2) is 13.7 Å². The molecule has 0 aliphatic carbocycles. The Hall–Kier alpha value is -8.76. The fourth-order valence-electron chi connectivity index (χ4n) is 11.8. The lowest BCUT2D eigenvalue weighted by atomic mass is 10.0. The van der Waals surface area contributed by atoms with Crippen LogP contribution in [0.25, 0.3) is 143 Å². The first-order valence-electron chi connectivity index (χ1n) is 23.2. The van der Waals surface area contributed by atoms with Crippen molar-refractivity contribution in [1.29, 1.82) is 10.5 Å². The maximum Gasteiger partial charge on any atom is 0.104 e. The molecule has 0 spiro atoms. The van der Waals surface area contributed by atoms with Crippen LogP contribution in [0.15, 0.2) is 188 Å². The van der Waals surface area contributed by atoms with Crippen molar-refractivity contribution < 1.29 is 0 Å². The number of thiophene rings is 3. The van der Waals surface area contributed by atoms with Gasteiger partial charge in [0.05, 0.1) is 55.7 Å². The third kappa shape index (κ3) is 4.96. The van der Waals surface area contributed by atoms with Crippen LogP contribution in [0.3, 0.4) is 0 Å². The van der Waals surface area contributed by atoms with Gasteiger partial charge in [-0.3, -0.25) is 0 Å². The largest absolute Gasteiger partial charge is 0.308 e. The minimum Gasteiger partial charge on any atom is -0.308 e. The molecule has 0 atom stereocenters. The number of para-hydroxylation sites is 3. The van der Waals surface area contributed by atoms with Gasteiger partial charge in [0.15, 0.2) is 0 Å². The Kier molecular flexibility index (Phi) is 7.60. The van der Waals surface area contributed by atoms with Crippen molar-refractivity contribution in [3.63, 3.8) is 0 Å². The second-order valence-corrected chi connectivity index (χ2v) is 21.4. The summed E-state index contributed by atoms with van der Waals surface area (Å²) in [6, 6.07) is 72.8. The van der Waals surface area contributed by atoms with Crippen LogP contribution >= 0.6 is 34.0 Å². The topological polar surface area (TPSA) is 62.4 Å². The van der Waals surface area contributed by atoms with Crippen LogP contribution in [0.1, 0.15) is 11.1 Å². The smallest absolute Gasteiger partial charge is 0.104 e. The SMILES string of the molecule is N#Cc1cc(-n2c3ccccc3c3cc4sc5ccccc5c4cc32)c(C#N)c(-n2c3ccccc3c3cc4sc5ccccc5c4cc32)c1-n1c2ccccc2c2cc3sc4ccccc4c3cc21. The number of rotatable bonds is 3. The number of hydrogen-bond acceptors (Lipinski definition) is 5. The molecule has 0 radical (unpaired) electrons. The van der Waals surface area contributed by atoms with E-state index in [1.165, 1.54) is 49.7 Å². The first-order valence-corrected chi connectivity index (χ1v) is 25.6. The molecule has 6 heterocycles. The molecule has 0 amide bonds. The molecule has 0 aliphatic rings. The highest BCUT2D eigenvalue weighted by Crippen LogP contribution is 2.48. The number of nitriles is 2. The molecule has 0 bridgehead atoms. The molecule has 0 aliphatic heterocycles. The van der Waals surface area contributed by atoms with Gasteiger partial charge in [0, 0.05) is 92.8 Å². The van der Waals surface area contributed by atoms with E-state index in [9.17, 15) is 10.5 Å². The van der Waals surface area contributed by atoms with E-state index in [0.29, 0.717) is 28.2 Å². The Morgan fingerprint density at radius 1 is 0.286 bits per heavy atom. The number of hydrogen-bond donors (Lipinski definition) is 0. The van der Waals surface area contributed by atoms with E-state index in [1.807, 2.05) is 6.07 Å². The standard InChI is InChI=1S/C62H31N5S3/c63-32-34-25-51(65-48-19-7-1-13-35(48)41-29-58-44(26-52(41)65)38-16-4-10-22-55(38)68-58)47(33-64)62(67-50-21-9-3-15-37(50)43-31-60-46(28-54(43)67)40-18-6-12-24-57(40)70-60)61(34)66-49-20-8-2-14-36(49)42-30-59-45(27-53(42)66)39-17-5-11-23-56(39)69-59/h1-31H. The molecule has 0 N–H and O–H groups in total. The summed E-state index contributed by atoms with van der Waals surface area (Å²) in [4.78, 5) is 0. The minimum atomic E-state index is 0.461. The van der Waals surface area contributed by atoms with Gasteiger partial charge in [-0.15, -0.1) is 34.0 Å². The first kappa shape index (κ1) is 38.2. The van der Waals surface area contributed by atoms with Crippen LogP contribution in [-0.2, 0) is 0 Å². The fourth-order valence-corrected chi connectivity index (χ4v) is 15.1. The maximum absolute atomic E-state index is 12.2. The quantitative estimate of drug-likeness (QED) is 0.177. The monoisotopic (exact) mass is 941 g/mol. The summed E-state index contributed by atoms with van der Waals surface area (Å²) in [6.45, 7) is 0.